The van der Waals surface area contributed by atoms with Gasteiger partial charge in [-0.3, -0.25) is 9.63 Å². The van der Waals surface area contributed by atoms with E-state index in [4.69, 9.17) is 14.0 Å². The first kappa shape index (κ1) is 14.8. The molecule has 0 saturated heterocycles. The molecule has 0 radical (unpaired) electrons. The Balaban J connectivity index is 2.21. The number of benzene rings is 1. The van der Waals surface area contributed by atoms with E-state index in [1.807, 2.05) is 6.07 Å². The van der Waals surface area contributed by atoms with E-state index >= 15 is 0 Å². The molecule has 0 fully saturated rings. The van der Waals surface area contributed by atoms with Crippen LogP contribution >= 0.6 is 0 Å². The van der Waals surface area contributed by atoms with Crippen LogP contribution < -0.4 is 5.06 Å². The first-order valence-corrected chi connectivity index (χ1v) is 6.38. The first-order valence-electron chi connectivity index (χ1n) is 6.38. The molecule has 2 aromatic rings. The number of anilines is 1. The fraction of sp³-hybridized carbons (Fsp3) is 0.200. The highest BCUT2D eigenvalue weighted by Crippen LogP contribution is 2.18. The number of hydrogen-bond acceptors (Lipinski definition) is 5. The van der Waals surface area contributed by atoms with Gasteiger partial charge in [0.05, 0.1) is 19.4 Å². The molecule has 0 aliphatic carbocycles. The number of furan rings is 1. The minimum Gasteiger partial charge on any atom is -0.460 e. The molecule has 0 saturated carbocycles. The van der Waals surface area contributed by atoms with Crippen LogP contribution in [0.25, 0.3) is 0 Å². The highest BCUT2D eigenvalue weighted by atomic mass is 16.7. The van der Waals surface area contributed by atoms with Crippen LogP contribution in [0.2, 0.25) is 0 Å². The summed E-state index contributed by atoms with van der Waals surface area (Å²) in [5, 5.41) is 1.08. The molecule has 2 rings (SSSR count). The van der Waals surface area contributed by atoms with Gasteiger partial charge in [0.2, 0.25) is 5.76 Å². The summed E-state index contributed by atoms with van der Waals surface area (Å²) < 4.78 is 10.0. The number of carbonyl (C=O) groups excluding carboxylic acids is 2. The minimum absolute atomic E-state index is 0.0104. The van der Waals surface area contributed by atoms with Crippen LogP contribution in [0.15, 0.2) is 46.9 Å². The number of hydroxylamine groups is 1. The molecule has 110 valence electrons. The fourth-order valence-corrected chi connectivity index (χ4v) is 1.73. The fourth-order valence-electron chi connectivity index (χ4n) is 1.73. The van der Waals surface area contributed by atoms with Crippen LogP contribution in [-0.4, -0.2) is 25.6 Å². The smallest absolute Gasteiger partial charge is 0.374 e. The van der Waals surface area contributed by atoms with E-state index in [2.05, 4.69) is 0 Å². The van der Waals surface area contributed by atoms with E-state index in [9.17, 15) is 9.59 Å². The summed E-state index contributed by atoms with van der Waals surface area (Å²) in [4.78, 5) is 28.9. The third-order valence-corrected chi connectivity index (χ3v) is 2.65. The summed E-state index contributed by atoms with van der Waals surface area (Å²) in [6.45, 7) is 1.92. The van der Waals surface area contributed by atoms with Gasteiger partial charge in [-0.25, -0.2) is 4.79 Å². The molecule has 0 unspecified atom stereocenters. The average Bonchev–Trinajstić information content (AvgIpc) is 2.99. The summed E-state index contributed by atoms with van der Waals surface area (Å²) in [7, 11) is 1.38. The zero-order chi connectivity index (χ0) is 15.2. The molecule has 0 spiro atoms. The van der Waals surface area contributed by atoms with Crippen molar-refractivity contribution in [2.45, 2.75) is 6.92 Å². The van der Waals surface area contributed by atoms with Gasteiger partial charge < -0.3 is 9.15 Å². The topological polar surface area (TPSA) is 69.0 Å². The average molecular weight is 289 g/mol. The maximum Gasteiger partial charge on any atom is 0.374 e. The van der Waals surface area contributed by atoms with Crippen molar-refractivity contribution < 1.29 is 23.6 Å². The van der Waals surface area contributed by atoms with Gasteiger partial charge in [-0.1, -0.05) is 18.2 Å². The van der Waals surface area contributed by atoms with Gasteiger partial charge in [-0.05, 0) is 31.2 Å². The number of hydrogen-bond donors (Lipinski definition) is 0. The molecule has 1 aromatic heterocycles. The van der Waals surface area contributed by atoms with Gasteiger partial charge in [-0.15, -0.1) is 0 Å². The molecular weight excluding hydrogens is 274 g/mol. The lowest BCUT2D eigenvalue weighted by Gasteiger charge is -2.18. The van der Waals surface area contributed by atoms with E-state index < -0.39 is 11.9 Å². The van der Waals surface area contributed by atoms with Crippen molar-refractivity contribution in [2.75, 3.05) is 18.8 Å². The summed E-state index contributed by atoms with van der Waals surface area (Å²) in [6.07, 6.45) is 0. The first-order chi connectivity index (χ1) is 10.2. The van der Waals surface area contributed by atoms with Crippen molar-refractivity contribution >= 4 is 17.6 Å². The van der Waals surface area contributed by atoms with Crippen LogP contribution in [0, 0.1) is 0 Å². The standard InChI is InChI=1S/C15H15NO5/c1-3-20-15(18)13-10-9-12(21-13)14(17)16(19-2)11-7-5-4-6-8-11/h4-10H,3H2,1-2H3. The van der Waals surface area contributed by atoms with Crippen molar-refractivity contribution in [3.8, 4) is 0 Å². The molecule has 0 aliphatic rings. The molecule has 1 heterocycles. The Morgan fingerprint density at radius 2 is 1.76 bits per heavy atom. The normalized spacial score (nSPS) is 10.2. The maximum atomic E-state index is 12.3. The molecule has 6 nitrogen and oxygen atoms in total. The van der Waals surface area contributed by atoms with Gasteiger partial charge in [-0.2, -0.15) is 5.06 Å². The molecule has 0 N–H and O–H groups in total. The second kappa shape index (κ2) is 6.71. The number of esters is 1. The Hall–Kier alpha value is -2.60. The Morgan fingerprint density at radius 3 is 2.38 bits per heavy atom. The van der Waals surface area contributed by atoms with Crippen LogP contribution in [0.1, 0.15) is 28.0 Å². The van der Waals surface area contributed by atoms with E-state index in [1.165, 1.54) is 19.2 Å². The van der Waals surface area contributed by atoms with Gasteiger partial charge in [0.15, 0.2) is 5.76 Å². The highest BCUT2D eigenvalue weighted by Gasteiger charge is 2.23. The van der Waals surface area contributed by atoms with E-state index in [0.717, 1.165) is 5.06 Å². The van der Waals surface area contributed by atoms with Crippen LogP contribution in [0.4, 0.5) is 5.69 Å². The minimum atomic E-state index is -0.611. The zero-order valence-corrected chi connectivity index (χ0v) is 11.7. The largest absolute Gasteiger partial charge is 0.460 e. The lowest BCUT2D eigenvalue weighted by atomic mass is 10.3. The second-order valence-corrected chi connectivity index (χ2v) is 4.00. The van der Waals surface area contributed by atoms with Gasteiger partial charge in [0.1, 0.15) is 0 Å². The van der Waals surface area contributed by atoms with Crippen LogP contribution in [0.3, 0.4) is 0 Å². The van der Waals surface area contributed by atoms with Crippen molar-refractivity contribution in [1.29, 1.82) is 0 Å². The maximum absolute atomic E-state index is 12.3. The summed E-state index contributed by atoms with van der Waals surface area (Å²) in [6, 6.07) is 11.6. The van der Waals surface area contributed by atoms with Crippen molar-refractivity contribution in [3.05, 3.63) is 54.0 Å². The number of rotatable bonds is 5. The molecule has 0 aliphatic heterocycles. The zero-order valence-electron chi connectivity index (χ0n) is 11.7. The van der Waals surface area contributed by atoms with Gasteiger partial charge in [0, 0.05) is 0 Å². The van der Waals surface area contributed by atoms with E-state index in [0.29, 0.717) is 5.69 Å². The number of para-hydroxylation sites is 1. The van der Waals surface area contributed by atoms with Crippen LogP contribution in [-0.2, 0) is 9.57 Å². The van der Waals surface area contributed by atoms with Gasteiger partial charge >= 0.3 is 11.9 Å². The SMILES string of the molecule is CCOC(=O)c1ccc(C(=O)N(OC)c2ccccc2)o1. The molecular formula is C15H15NO5. The number of amides is 1. The third kappa shape index (κ3) is 3.29. The summed E-state index contributed by atoms with van der Waals surface area (Å²) in [5.41, 5.74) is 0.555. The monoisotopic (exact) mass is 289 g/mol. The Bertz CT molecular complexity index is 620. The van der Waals surface area contributed by atoms with Crippen molar-refractivity contribution in [2.24, 2.45) is 0 Å². The summed E-state index contributed by atoms with van der Waals surface area (Å²) >= 11 is 0. The molecule has 6 heteroatoms. The van der Waals surface area contributed by atoms with E-state index in [1.54, 1.807) is 31.2 Å². The lowest BCUT2D eigenvalue weighted by molar-refractivity contribution is 0.0486. The quantitative estimate of drug-likeness (QED) is 0.625. The lowest BCUT2D eigenvalue weighted by Crippen LogP contribution is -2.29. The predicted molar refractivity (Wildman–Crippen MR) is 74.9 cm³/mol. The molecule has 0 atom stereocenters. The third-order valence-electron chi connectivity index (χ3n) is 2.65. The Morgan fingerprint density at radius 1 is 1.10 bits per heavy atom. The molecule has 0 bridgehead atoms. The predicted octanol–water partition coefficient (Wildman–Crippen LogP) is 2.66. The van der Waals surface area contributed by atoms with Gasteiger partial charge in [0.25, 0.3) is 0 Å². The summed E-state index contributed by atoms with van der Waals surface area (Å²) in [5.74, 6) is -1.16. The molecule has 21 heavy (non-hydrogen) atoms. The number of carbonyl (C=O) groups is 2. The molecule has 1 aromatic carbocycles. The number of ether oxygens (including phenoxy) is 1. The highest BCUT2D eigenvalue weighted by molar-refractivity contribution is 6.03. The number of nitrogens with zero attached hydrogens (tertiary/aromatic N) is 1. The Labute approximate surface area is 121 Å². The van der Waals surface area contributed by atoms with Crippen molar-refractivity contribution in [1.82, 2.24) is 0 Å². The Kier molecular flexibility index (Phi) is 4.73. The van der Waals surface area contributed by atoms with Crippen LogP contribution in [0.5, 0.6) is 0 Å². The van der Waals surface area contributed by atoms with Crippen molar-refractivity contribution in [3.63, 3.8) is 0 Å². The van der Waals surface area contributed by atoms with E-state index in [-0.39, 0.29) is 18.1 Å². The molecule has 1 amide bonds. The second-order valence-electron chi connectivity index (χ2n) is 4.00.